The molecule has 0 radical (unpaired) electrons. The van der Waals surface area contributed by atoms with Gasteiger partial charge < -0.3 is 5.32 Å². The van der Waals surface area contributed by atoms with Gasteiger partial charge in [-0.1, -0.05) is 39.5 Å². The van der Waals surface area contributed by atoms with E-state index in [-0.39, 0.29) is 0 Å². The van der Waals surface area contributed by atoms with Crippen molar-refractivity contribution in [3.05, 3.63) is 0 Å². The Hall–Kier alpha value is -0.180. The summed E-state index contributed by atoms with van der Waals surface area (Å²) < 4.78 is 0. The number of amidine groups is 1. The van der Waals surface area contributed by atoms with Crippen LogP contribution in [0.15, 0.2) is 4.99 Å². The summed E-state index contributed by atoms with van der Waals surface area (Å²) in [4.78, 5) is 4.62. The molecule has 2 nitrogen and oxygen atoms in total. The van der Waals surface area contributed by atoms with Crippen molar-refractivity contribution in [2.45, 2.75) is 46.6 Å². The SMILES string of the molecule is CCC1CCSC(=NCC(C)(C)C)N1. The van der Waals surface area contributed by atoms with Crippen molar-refractivity contribution in [3.8, 4) is 0 Å². The van der Waals surface area contributed by atoms with E-state index < -0.39 is 0 Å². The van der Waals surface area contributed by atoms with Gasteiger partial charge in [0.1, 0.15) is 0 Å². The molecule has 0 aliphatic carbocycles. The van der Waals surface area contributed by atoms with Gasteiger partial charge in [-0.25, -0.2) is 0 Å². The number of rotatable bonds is 2. The smallest absolute Gasteiger partial charge is 0.156 e. The molecule has 1 fully saturated rings. The molecule has 1 rings (SSSR count). The predicted molar refractivity (Wildman–Crippen MR) is 66.0 cm³/mol. The van der Waals surface area contributed by atoms with Crippen LogP contribution in [0, 0.1) is 5.41 Å². The van der Waals surface area contributed by atoms with Crippen molar-refractivity contribution in [2.24, 2.45) is 10.4 Å². The number of hydrogen-bond donors (Lipinski definition) is 1. The highest BCUT2D eigenvalue weighted by molar-refractivity contribution is 8.13. The molecule has 3 heteroatoms. The third kappa shape index (κ3) is 4.36. The van der Waals surface area contributed by atoms with E-state index in [0.29, 0.717) is 11.5 Å². The molecule has 1 heterocycles. The molecule has 1 N–H and O–H groups in total. The number of nitrogens with zero attached hydrogens (tertiary/aromatic N) is 1. The van der Waals surface area contributed by atoms with Crippen molar-refractivity contribution in [1.82, 2.24) is 5.32 Å². The van der Waals surface area contributed by atoms with Gasteiger partial charge in [0.05, 0.1) is 0 Å². The molecule has 82 valence electrons. The molecule has 0 amide bonds. The Balaban J connectivity index is 2.43. The third-order valence-electron chi connectivity index (χ3n) is 2.22. The van der Waals surface area contributed by atoms with Crippen molar-refractivity contribution in [3.63, 3.8) is 0 Å². The van der Waals surface area contributed by atoms with Crippen LogP contribution in [0.2, 0.25) is 0 Å². The van der Waals surface area contributed by atoms with Crippen molar-refractivity contribution in [1.29, 1.82) is 0 Å². The lowest BCUT2D eigenvalue weighted by atomic mass is 9.97. The molecule has 0 aromatic heterocycles. The highest BCUT2D eigenvalue weighted by Crippen LogP contribution is 2.18. The summed E-state index contributed by atoms with van der Waals surface area (Å²) in [6, 6.07) is 0.648. The van der Waals surface area contributed by atoms with Gasteiger partial charge in [0, 0.05) is 18.3 Å². The zero-order valence-corrected chi connectivity index (χ0v) is 10.6. The van der Waals surface area contributed by atoms with Crippen LogP contribution < -0.4 is 5.32 Å². The normalized spacial score (nSPS) is 26.3. The summed E-state index contributed by atoms with van der Waals surface area (Å²) in [6.07, 6.45) is 2.48. The summed E-state index contributed by atoms with van der Waals surface area (Å²) in [5.74, 6) is 1.22. The summed E-state index contributed by atoms with van der Waals surface area (Å²) in [6.45, 7) is 9.82. The second kappa shape index (κ2) is 5.06. The Labute approximate surface area is 92.0 Å². The molecule has 1 atom stereocenters. The second-order valence-electron chi connectivity index (χ2n) is 5.07. The second-order valence-corrected chi connectivity index (χ2v) is 6.15. The molecule has 1 aliphatic rings. The maximum absolute atomic E-state index is 4.62. The first-order valence-corrected chi connectivity index (χ1v) is 6.43. The van der Waals surface area contributed by atoms with E-state index in [4.69, 9.17) is 0 Å². The number of thioether (sulfide) groups is 1. The minimum atomic E-state index is 0.300. The molecule has 0 spiro atoms. The van der Waals surface area contributed by atoms with Crippen LogP contribution in [0.5, 0.6) is 0 Å². The molecule has 1 aliphatic heterocycles. The van der Waals surface area contributed by atoms with Crippen LogP contribution in [0.4, 0.5) is 0 Å². The Bertz CT molecular complexity index is 206. The topological polar surface area (TPSA) is 24.4 Å². The Kier molecular flexibility index (Phi) is 4.30. The van der Waals surface area contributed by atoms with Gasteiger partial charge in [-0.15, -0.1) is 0 Å². The van der Waals surface area contributed by atoms with Crippen LogP contribution in [-0.2, 0) is 0 Å². The minimum Gasteiger partial charge on any atom is -0.362 e. The fraction of sp³-hybridized carbons (Fsp3) is 0.909. The van der Waals surface area contributed by atoms with E-state index in [1.54, 1.807) is 0 Å². The lowest BCUT2D eigenvalue weighted by Crippen LogP contribution is -2.37. The van der Waals surface area contributed by atoms with Crippen molar-refractivity contribution < 1.29 is 0 Å². The first-order chi connectivity index (χ1) is 6.51. The average Bonchev–Trinajstić information content (AvgIpc) is 2.14. The monoisotopic (exact) mass is 214 g/mol. The van der Waals surface area contributed by atoms with Crippen LogP contribution >= 0.6 is 11.8 Å². The van der Waals surface area contributed by atoms with E-state index in [0.717, 1.165) is 11.7 Å². The van der Waals surface area contributed by atoms with E-state index >= 15 is 0 Å². The fourth-order valence-corrected chi connectivity index (χ4v) is 2.29. The van der Waals surface area contributed by atoms with E-state index in [9.17, 15) is 0 Å². The molecule has 0 aromatic carbocycles. The minimum absolute atomic E-state index is 0.300. The number of aliphatic imine (C=N–C) groups is 1. The lowest BCUT2D eigenvalue weighted by molar-refractivity contribution is 0.428. The average molecular weight is 214 g/mol. The third-order valence-corrected chi connectivity index (χ3v) is 3.18. The Morgan fingerprint density at radius 1 is 1.50 bits per heavy atom. The van der Waals surface area contributed by atoms with Gasteiger partial charge in [-0.2, -0.15) is 0 Å². The van der Waals surface area contributed by atoms with Gasteiger partial charge in [-0.3, -0.25) is 4.99 Å². The van der Waals surface area contributed by atoms with Gasteiger partial charge in [-0.05, 0) is 18.3 Å². The number of nitrogens with one attached hydrogen (secondary N) is 1. The molecule has 0 bridgehead atoms. The van der Waals surface area contributed by atoms with E-state index in [2.05, 4.69) is 38.0 Å². The highest BCUT2D eigenvalue weighted by Gasteiger charge is 2.16. The maximum atomic E-state index is 4.62. The zero-order valence-electron chi connectivity index (χ0n) is 9.76. The van der Waals surface area contributed by atoms with Crippen molar-refractivity contribution >= 4 is 16.9 Å². The first-order valence-electron chi connectivity index (χ1n) is 5.45. The standard InChI is InChI=1S/C11H22N2S/c1-5-9-6-7-14-10(13-9)12-8-11(2,3)4/h9H,5-8H2,1-4H3,(H,12,13). The zero-order chi connectivity index (χ0) is 10.6. The van der Waals surface area contributed by atoms with Gasteiger partial charge in [0.25, 0.3) is 0 Å². The Morgan fingerprint density at radius 3 is 2.79 bits per heavy atom. The van der Waals surface area contributed by atoms with Crippen LogP contribution in [0.3, 0.4) is 0 Å². The van der Waals surface area contributed by atoms with Crippen LogP contribution in [0.1, 0.15) is 40.5 Å². The molecule has 14 heavy (non-hydrogen) atoms. The maximum Gasteiger partial charge on any atom is 0.156 e. The molecular formula is C11H22N2S. The summed E-state index contributed by atoms with van der Waals surface area (Å²) in [5.41, 5.74) is 0.300. The quantitative estimate of drug-likeness (QED) is 0.764. The largest absolute Gasteiger partial charge is 0.362 e. The first kappa shape index (κ1) is 11.9. The fourth-order valence-electron chi connectivity index (χ4n) is 1.29. The van der Waals surface area contributed by atoms with Crippen LogP contribution in [-0.4, -0.2) is 23.5 Å². The van der Waals surface area contributed by atoms with Gasteiger partial charge >= 0.3 is 0 Å². The van der Waals surface area contributed by atoms with Gasteiger partial charge in [0.2, 0.25) is 0 Å². The predicted octanol–water partition coefficient (Wildman–Crippen LogP) is 2.89. The molecule has 1 unspecified atom stereocenters. The molecular weight excluding hydrogens is 192 g/mol. The number of hydrogen-bond acceptors (Lipinski definition) is 2. The molecule has 1 saturated heterocycles. The summed E-state index contributed by atoms with van der Waals surface area (Å²) in [7, 11) is 0. The Morgan fingerprint density at radius 2 is 2.21 bits per heavy atom. The molecule has 0 saturated carbocycles. The van der Waals surface area contributed by atoms with E-state index in [1.807, 2.05) is 11.8 Å². The van der Waals surface area contributed by atoms with Gasteiger partial charge in [0.15, 0.2) is 5.17 Å². The van der Waals surface area contributed by atoms with Crippen LogP contribution in [0.25, 0.3) is 0 Å². The molecule has 0 aromatic rings. The van der Waals surface area contributed by atoms with E-state index in [1.165, 1.54) is 18.6 Å². The summed E-state index contributed by atoms with van der Waals surface area (Å²) >= 11 is 1.86. The summed E-state index contributed by atoms with van der Waals surface area (Å²) in [5, 5.41) is 4.64. The highest BCUT2D eigenvalue weighted by atomic mass is 32.2. The van der Waals surface area contributed by atoms with Crippen molar-refractivity contribution in [2.75, 3.05) is 12.3 Å². The lowest BCUT2D eigenvalue weighted by Gasteiger charge is -2.25.